The maximum absolute atomic E-state index is 11.7. The second kappa shape index (κ2) is 15.2. The average molecular weight is 601 g/mol. The van der Waals surface area contributed by atoms with Gasteiger partial charge in [-0.3, -0.25) is 19.2 Å². The molecular formula is C27H33N6O8P. The topological polar surface area (TPSA) is 181 Å². The van der Waals surface area contributed by atoms with E-state index in [0.29, 0.717) is 28.4 Å². The van der Waals surface area contributed by atoms with Crippen LogP contribution in [0.25, 0.3) is 0 Å². The highest BCUT2D eigenvalue weighted by molar-refractivity contribution is 7.47. The summed E-state index contributed by atoms with van der Waals surface area (Å²) < 4.78 is 26.8. The first-order valence-corrected chi connectivity index (χ1v) is 14.4. The molecule has 14 nitrogen and oxygen atoms in total. The molecule has 3 aromatic carbocycles. The van der Waals surface area contributed by atoms with Crippen LogP contribution < -0.4 is 9.64 Å². The van der Waals surface area contributed by atoms with Crippen LogP contribution >= 0.6 is 7.82 Å². The number of ether oxygens (including phenoxy) is 1. The second-order valence-electron chi connectivity index (χ2n) is 8.91. The van der Waals surface area contributed by atoms with E-state index in [4.69, 9.17) is 9.26 Å². The molecule has 0 aliphatic heterocycles. The predicted molar refractivity (Wildman–Crippen MR) is 157 cm³/mol. The molecule has 42 heavy (non-hydrogen) atoms. The summed E-state index contributed by atoms with van der Waals surface area (Å²) in [7, 11) is -2.63. The van der Waals surface area contributed by atoms with Crippen molar-refractivity contribution in [1.82, 2.24) is 0 Å². The lowest BCUT2D eigenvalue weighted by Crippen LogP contribution is -2.30. The number of hydrogen-bond donors (Lipinski definition) is 2. The van der Waals surface area contributed by atoms with Crippen molar-refractivity contribution >= 4 is 41.9 Å². The summed E-state index contributed by atoms with van der Waals surface area (Å²) in [6.07, 6.45) is 0. The van der Waals surface area contributed by atoms with E-state index in [1.165, 1.54) is 13.2 Å². The number of rotatable bonds is 15. The number of nitro groups is 1. The number of azo groups is 2. The first kappa shape index (κ1) is 32.4. The summed E-state index contributed by atoms with van der Waals surface area (Å²) in [5, 5.41) is 37.7. The zero-order chi connectivity index (χ0) is 30.7. The van der Waals surface area contributed by atoms with Crippen molar-refractivity contribution < 1.29 is 33.3 Å². The summed E-state index contributed by atoms with van der Waals surface area (Å²) >= 11 is 0. The van der Waals surface area contributed by atoms with E-state index in [2.05, 4.69) is 25.0 Å². The highest BCUT2D eigenvalue weighted by Crippen LogP contribution is 2.43. The van der Waals surface area contributed by atoms with Crippen molar-refractivity contribution in [2.75, 3.05) is 44.9 Å². The van der Waals surface area contributed by atoms with Crippen molar-refractivity contribution in [3.05, 3.63) is 75.8 Å². The van der Waals surface area contributed by atoms with Gasteiger partial charge in [-0.25, -0.2) is 4.57 Å². The molecule has 1 unspecified atom stereocenters. The maximum Gasteiger partial charge on any atom is 0.472 e. The Morgan fingerprint density at radius 2 is 1.62 bits per heavy atom. The number of anilines is 1. The maximum atomic E-state index is 11.7. The number of aryl methyl sites for hydroxylation is 2. The highest BCUT2D eigenvalue weighted by atomic mass is 31.2. The Bertz CT molecular complexity index is 1480. The zero-order valence-corrected chi connectivity index (χ0v) is 24.6. The molecular weight excluding hydrogens is 567 g/mol. The van der Waals surface area contributed by atoms with E-state index >= 15 is 0 Å². The van der Waals surface area contributed by atoms with Crippen LogP contribution in [0.4, 0.5) is 34.1 Å². The molecule has 0 amide bonds. The lowest BCUT2D eigenvalue weighted by atomic mass is 10.1. The smallest absolute Gasteiger partial charge is 0.472 e. The molecule has 3 rings (SSSR count). The Kier molecular flexibility index (Phi) is 11.8. The monoisotopic (exact) mass is 600 g/mol. The summed E-state index contributed by atoms with van der Waals surface area (Å²) in [5.74, 6) is 0.385. The third-order valence-electron chi connectivity index (χ3n) is 5.86. The van der Waals surface area contributed by atoms with Crippen molar-refractivity contribution in [3.63, 3.8) is 0 Å². The van der Waals surface area contributed by atoms with Gasteiger partial charge >= 0.3 is 7.82 Å². The van der Waals surface area contributed by atoms with Crippen LogP contribution in [0, 0.1) is 24.0 Å². The van der Waals surface area contributed by atoms with E-state index in [1.807, 2.05) is 0 Å². The van der Waals surface area contributed by atoms with Gasteiger partial charge in [0.1, 0.15) is 11.4 Å². The van der Waals surface area contributed by atoms with Gasteiger partial charge in [0.2, 0.25) is 0 Å². The van der Waals surface area contributed by atoms with Crippen molar-refractivity contribution in [2.24, 2.45) is 20.5 Å². The van der Waals surface area contributed by atoms with Crippen LogP contribution in [0.5, 0.6) is 5.75 Å². The Labute approximate surface area is 243 Å². The fourth-order valence-electron chi connectivity index (χ4n) is 3.78. The molecule has 0 radical (unpaired) electrons. The van der Waals surface area contributed by atoms with E-state index in [9.17, 15) is 24.7 Å². The van der Waals surface area contributed by atoms with Crippen LogP contribution in [-0.4, -0.2) is 54.9 Å². The van der Waals surface area contributed by atoms with Crippen molar-refractivity contribution in [2.45, 2.75) is 20.8 Å². The number of phosphoric ester groups is 1. The molecule has 0 aromatic heterocycles. The third-order valence-corrected chi connectivity index (χ3v) is 6.95. The van der Waals surface area contributed by atoms with Crippen molar-refractivity contribution in [3.8, 4) is 5.75 Å². The van der Waals surface area contributed by atoms with Crippen LogP contribution in [0.3, 0.4) is 0 Å². The molecule has 0 saturated heterocycles. The predicted octanol–water partition coefficient (Wildman–Crippen LogP) is 7.00. The van der Waals surface area contributed by atoms with Gasteiger partial charge in [0.15, 0.2) is 5.69 Å². The Morgan fingerprint density at radius 3 is 2.26 bits per heavy atom. The quantitative estimate of drug-likeness (QED) is 0.0803. The standard InChI is InChI=1S/C27H33N6O8P/c1-5-40-42(37,38)41-15-13-32(12-14-34)22-9-7-21(8-10-22)28-31-25-17-20(3)24(18-27(25)39-4)30-29-23-11-6-19(2)16-26(23)33(35)36/h6-11,16-18,34H,5,12-15H2,1-4H3,(H,37,38). The van der Waals surface area contributed by atoms with Gasteiger partial charge in [-0.05, 0) is 68.3 Å². The third kappa shape index (κ3) is 9.23. The Hall–Kier alpha value is -4.07. The molecule has 3 aromatic rings. The Morgan fingerprint density at radius 1 is 0.929 bits per heavy atom. The average Bonchev–Trinajstić information content (AvgIpc) is 2.95. The number of phosphoric acid groups is 1. The first-order chi connectivity index (χ1) is 20.1. The zero-order valence-electron chi connectivity index (χ0n) is 23.7. The molecule has 0 saturated carbocycles. The molecule has 0 fully saturated rings. The first-order valence-electron chi connectivity index (χ1n) is 12.9. The van der Waals surface area contributed by atoms with Gasteiger partial charge in [-0.1, -0.05) is 6.07 Å². The number of hydrogen-bond acceptors (Lipinski definition) is 12. The number of nitro benzene ring substituents is 1. The number of aliphatic hydroxyl groups excluding tert-OH is 1. The van der Waals surface area contributed by atoms with E-state index in [-0.39, 0.29) is 44.3 Å². The molecule has 2 N–H and O–H groups in total. The van der Waals surface area contributed by atoms with E-state index in [1.54, 1.807) is 74.2 Å². The second-order valence-corrected chi connectivity index (χ2v) is 10.4. The molecule has 0 spiro atoms. The number of nitrogens with zero attached hydrogens (tertiary/aromatic N) is 6. The van der Waals surface area contributed by atoms with Gasteiger partial charge < -0.3 is 19.6 Å². The lowest BCUT2D eigenvalue weighted by Gasteiger charge is -2.24. The van der Waals surface area contributed by atoms with Crippen LogP contribution in [0.1, 0.15) is 18.1 Å². The van der Waals surface area contributed by atoms with E-state index in [0.717, 1.165) is 11.3 Å². The van der Waals surface area contributed by atoms with Crippen LogP contribution in [0.15, 0.2) is 75.1 Å². The van der Waals surface area contributed by atoms with Crippen molar-refractivity contribution in [1.29, 1.82) is 0 Å². The molecule has 0 aliphatic carbocycles. The van der Waals surface area contributed by atoms with Gasteiger partial charge in [-0.15, -0.1) is 15.3 Å². The van der Waals surface area contributed by atoms with Gasteiger partial charge in [0.05, 0.1) is 43.2 Å². The summed E-state index contributed by atoms with van der Waals surface area (Å²) in [6.45, 7) is 5.53. The summed E-state index contributed by atoms with van der Waals surface area (Å²) in [6, 6.07) is 15.1. The largest absolute Gasteiger partial charge is 0.494 e. The fourth-order valence-corrected chi connectivity index (χ4v) is 4.50. The van der Waals surface area contributed by atoms with Gasteiger partial charge in [0.25, 0.3) is 5.69 Å². The summed E-state index contributed by atoms with van der Waals surface area (Å²) in [4.78, 5) is 22.3. The minimum Gasteiger partial charge on any atom is -0.494 e. The van der Waals surface area contributed by atoms with Crippen LogP contribution in [-0.2, 0) is 13.6 Å². The van der Waals surface area contributed by atoms with Gasteiger partial charge in [-0.2, -0.15) is 5.11 Å². The highest BCUT2D eigenvalue weighted by Gasteiger charge is 2.20. The van der Waals surface area contributed by atoms with Crippen LogP contribution in [0.2, 0.25) is 0 Å². The van der Waals surface area contributed by atoms with E-state index < -0.39 is 12.7 Å². The molecule has 0 heterocycles. The number of methoxy groups -OCH3 is 1. The van der Waals surface area contributed by atoms with Gasteiger partial charge in [0, 0.05) is 30.9 Å². The lowest BCUT2D eigenvalue weighted by molar-refractivity contribution is -0.384. The molecule has 15 heteroatoms. The minimum atomic E-state index is -4.11. The molecule has 1 atom stereocenters. The summed E-state index contributed by atoms with van der Waals surface area (Å²) in [5.41, 5.74) is 3.65. The molecule has 0 bridgehead atoms. The number of aliphatic hydroxyl groups is 1. The fraction of sp³-hybridized carbons (Fsp3) is 0.333. The Balaban J connectivity index is 1.74. The molecule has 224 valence electrons. The SMILES string of the molecule is CCOP(=O)(O)OCCN(CCO)c1ccc(N=Nc2cc(C)c(N=Nc3ccc(C)cc3[N+](=O)[O-])cc2OC)cc1. The molecule has 0 aliphatic rings. The normalized spacial score (nSPS) is 13.0. The minimum absolute atomic E-state index is 0.0473. The number of benzene rings is 3.